The van der Waals surface area contributed by atoms with Crippen molar-refractivity contribution in [1.82, 2.24) is 4.90 Å². The molecule has 0 radical (unpaired) electrons. The van der Waals surface area contributed by atoms with Crippen LogP contribution >= 0.6 is 0 Å². The van der Waals surface area contributed by atoms with Crippen LogP contribution in [0.2, 0.25) is 18.1 Å². The van der Waals surface area contributed by atoms with Crippen LogP contribution in [0.15, 0.2) is 0 Å². The Hall–Kier alpha value is -0.593. The van der Waals surface area contributed by atoms with Gasteiger partial charge in [-0.1, -0.05) is 27.7 Å². The van der Waals surface area contributed by atoms with Crippen LogP contribution in [0.5, 0.6) is 0 Å². The van der Waals surface area contributed by atoms with Crippen molar-refractivity contribution in [3.63, 3.8) is 0 Å². The highest BCUT2D eigenvalue weighted by molar-refractivity contribution is 6.74. The van der Waals surface area contributed by atoms with Crippen molar-refractivity contribution in [2.45, 2.75) is 104 Å². The molecule has 0 aromatic carbocycles. The van der Waals surface area contributed by atoms with Gasteiger partial charge in [-0.05, 0) is 64.1 Å². The van der Waals surface area contributed by atoms with Gasteiger partial charge in [0.15, 0.2) is 8.32 Å². The molecule has 6 heteroatoms. The zero-order valence-electron chi connectivity index (χ0n) is 18.6. The van der Waals surface area contributed by atoms with Crippen molar-refractivity contribution in [2.24, 2.45) is 5.41 Å². The number of amides is 1. The number of piperidine rings is 1. The normalized spacial score (nSPS) is 21.3. The Kier molecular flexibility index (Phi) is 7.03. The quantitative estimate of drug-likeness (QED) is 0.704. The molecule has 0 bridgehead atoms. The largest absolute Gasteiger partial charge is 0.444 e. The number of carbonyl (C=O) groups is 1. The van der Waals surface area contributed by atoms with E-state index in [0.717, 1.165) is 12.8 Å². The van der Waals surface area contributed by atoms with Gasteiger partial charge in [0.05, 0.1) is 12.2 Å². The predicted octanol–water partition coefficient (Wildman–Crippen LogP) is 4.79. The number of hydrogen-bond acceptors (Lipinski definition) is 4. The van der Waals surface area contributed by atoms with E-state index in [0.29, 0.717) is 13.1 Å². The first-order valence-corrected chi connectivity index (χ1v) is 12.7. The molecule has 26 heavy (non-hydrogen) atoms. The summed E-state index contributed by atoms with van der Waals surface area (Å²) < 4.78 is 11.9. The van der Waals surface area contributed by atoms with Crippen molar-refractivity contribution in [1.29, 1.82) is 0 Å². The average molecular weight is 388 g/mol. The zero-order valence-corrected chi connectivity index (χ0v) is 19.6. The fourth-order valence-corrected chi connectivity index (χ4v) is 4.51. The van der Waals surface area contributed by atoms with Crippen LogP contribution in [0.3, 0.4) is 0 Å². The molecule has 1 heterocycles. The van der Waals surface area contributed by atoms with Gasteiger partial charge in [0, 0.05) is 13.1 Å². The Balaban J connectivity index is 2.69. The molecule has 1 saturated heterocycles. The van der Waals surface area contributed by atoms with E-state index < -0.39 is 20.0 Å². The summed E-state index contributed by atoms with van der Waals surface area (Å²) in [6.07, 6.45) is 0.475. The topological polar surface area (TPSA) is 59.0 Å². The number of carbonyl (C=O) groups excluding carboxylic acids is 1. The number of rotatable bonds is 4. The number of nitrogens with zero attached hydrogens (tertiary/aromatic N) is 1. The van der Waals surface area contributed by atoms with Gasteiger partial charge in [-0.15, -0.1) is 0 Å². The minimum Gasteiger partial charge on any atom is -0.444 e. The minimum absolute atomic E-state index is 0.113. The first-order valence-electron chi connectivity index (χ1n) is 9.82. The fraction of sp³-hybridized carbons (Fsp3) is 0.950. The summed E-state index contributed by atoms with van der Waals surface area (Å²) >= 11 is 0. The minimum atomic E-state index is -1.93. The lowest BCUT2D eigenvalue weighted by Gasteiger charge is -2.46. The van der Waals surface area contributed by atoms with Crippen LogP contribution in [-0.4, -0.2) is 55.3 Å². The first kappa shape index (κ1) is 23.4. The molecule has 154 valence electrons. The molecule has 1 rings (SSSR count). The molecule has 0 aromatic heterocycles. The van der Waals surface area contributed by atoms with Crippen molar-refractivity contribution in [3.8, 4) is 0 Å². The summed E-state index contributed by atoms with van der Waals surface area (Å²) in [6, 6.07) is 0. The summed E-state index contributed by atoms with van der Waals surface area (Å²) in [4.78, 5) is 14.0. The third-order valence-corrected chi connectivity index (χ3v) is 10.6. The van der Waals surface area contributed by atoms with Crippen LogP contribution in [-0.2, 0) is 9.16 Å². The zero-order chi connectivity index (χ0) is 20.6. The Morgan fingerprint density at radius 3 is 1.96 bits per heavy atom. The van der Waals surface area contributed by atoms with E-state index in [4.69, 9.17) is 9.16 Å². The summed E-state index contributed by atoms with van der Waals surface area (Å²) in [5.74, 6) is 0. The standard InChI is InChI=1S/C20H41NO4Si/c1-15(25-26(9,10)19(5,6)7)16(22)20(8)11-13-21(14-12-20)17(23)24-18(2,3)4/h15-16,22H,11-14H2,1-10H3/t15-,16?/m0/s1. The predicted molar refractivity (Wildman–Crippen MR) is 109 cm³/mol. The van der Waals surface area contributed by atoms with Crippen molar-refractivity contribution < 1.29 is 19.1 Å². The third kappa shape index (κ3) is 5.96. The van der Waals surface area contributed by atoms with E-state index in [-0.39, 0.29) is 22.7 Å². The highest BCUT2D eigenvalue weighted by atomic mass is 28.4. The number of aliphatic hydroxyl groups excluding tert-OH is 1. The van der Waals surface area contributed by atoms with Gasteiger partial charge in [0.25, 0.3) is 0 Å². The van der Waals surface area contributed by atoms with Gasteiger partial charge in [0.1, 0.15) is 5.60 Å². The molecule has 1 amide bonds. The molecular formula is C20H41NO4Si. The van der Waals surface area contributed by atoms with E-state index in [1.54, 1.807) is 4.90 Å². The molecule has 0 aliphatic carbocycles. The molecular weight excluding hydrogens is 346 g/mol. The second-order valence-electron chi connectivity index (χ2n) is 10.6. The Bertz CT molecular complexity index is 485. The lowest BCUT2D eigenvalue weighted by molar-refractivity contribution is -0.0718. The third-order valence-electron chi connectivity index (χ3n) is 6.00. The van der Waals surface area contributed by atoms with Gasteiger partial charge < -0.3 is 19.2 Å². The maximum Gasteiger partial charge on any atom is 0.410 e. The van der Waals surface area contributed by atoms with E-state index in [1.807, 2.05) is 27.7 Å². The Labute approximate surface area is 161 Å². The van der Waals surface area contributed by atoms with E-state index in [2.05, 4.69) is 40.8 Å². The van der Waals surface area contributed by atoms with Crippen molar-refractivity contribution in [2.75, 3.05) is 13.1 Å². The molecule has 0 aromatic rings. The van der Waals surface area contributed by atoms with Gasteiger partial charge in [0.2, 0.25) is 0 Å². The van der Waals surface area contributed by atoms with Crippen LogP contribution in [0, 0.1) is 5.41 Å². The molecule has 1 N–H and O–H groups in total. The summed E-state index contributed by atoms with van der Waals surface area (Å²) in [6.45, 7) is 22.0. The molecule has 2 atom stereocenters. The van der Waals surface area contributed by atoms with Gasteiger partial charge in [-0.3, -0.25) is 0 Å². The Morgan fingerprint density at radius 2 is 1.58 bits per heavy atom. The van der Waals surface area contributed by atoms with Crippen LogP contribution < -0.4 is 0 Å². The fourth-order valence-electron chi connectivity index (χ4n) is 3.09. The molecule has 0 spiro atoms. The maximum absolute atomic E-state index is 12.2. The second-order valence-corrected chi connectivity index (χ2v) is 15.4. The van der Waals surface area contributed by atoms with Crippen LogP contribution in [0.4, 0.5) is 4.79 Å². The van der Waals surface area contributed by atoms with E-state index >= 15 is 0 Å². The number of ether oxygens (including phenoxy) is 1. The van der Waals surface area contributed by atoms with Crippen molar-refractivity contribution in [3.05, 3.63) is 0 Å². The van der Waals surface area contributed by atoms with E-state index in [9.17, 15) is 9.90 Å². The smallest absolute Gasteiger partial charge is 0.410 e. The number of aliphatic hydroxyl groups is 1. The highest BCUT2D eigenvalue weighted by Crippen LogP contribution is 2.41. The lowest BCUT2D eigenvalue weighted by atomic mass is 9.74. The first-order chi connectivity index (χ1) is 11.5. The number of likely N-dealkylation sites (tertiary alicyclic amines) is 1. The summed E-state index contributed by atoms with van der Waals surface area (Å²) in [5.41, 5.74) is -0.733. The Morgan fingerprint density at radius 1 is 1.12 bits per heavy atom. The van der Waals surface area contributed by atoms with Gasteiger partial charge in [-0.2, -0.15) is 0 Å². The van der Waals surface area contributed by atoms with Gasteiger partial charge in [-0.25, -0.2) is 4.79 Å². The van der Waals surface area contributed by atoms with Gasteiger partial charge >= 0.3 is 6.09 Å². The monoisotopic (exact) mass is 387 g/mol. The summed E-state index contributed by atoms with van der Waals surface area (Å²) in [7, 11) is -1.93. The molecule has 5 nitrogen and oxygen atoms in total. The SMILES string of the molecule is C[C@H](O[Si](C)(C)C(C)(C)C)C(O)C1(C)CCN(C(=O)OC(C)(C)C)CC1. The second kappa shape index (κ2) is 7.80. The average Bonchev–Trinajstić information content (AvgIpc) is 2.43. The molecule has 1 aliphatic heterocycles. The lowest BCUT2D eigenvalue weighted by Crippen LogP contribution is -2.53. The van der Waals surface area contributed by atoms with Crippen molar-refractivity contribution >= 4 is 14.4 Å². The molecule has 1 unspecified atom stereocenters. The molecule has 1 fully saturated rings. The summed E-state index contributed by atoms with van der Waals surface area (Å²) in [5, 5.41) is 11.1. The maximum atomic E-state index is 12.2. The number of hydrogen-bond donors (Lipinski definition) is 1. The van der Waals surface area contributed by atoms with E-state index in [1.165, 1.54) is 0 Å². The van der Waals surface area contributed by atoms with Crippen LogP contribution in [0.1, 0.15) is 68.2 Å². The highest BCUT2D eigenvalue weighted by Gasteiger charge is 2.45. The molecule has 1 aliphatic rings. The molecule has 0 saturated carbocycles. The van der Waals surface area contributed by atoms with Crippen LogP contribution in [0.25, 0.3) is 0 Å².